The van der Waals surface area contributed by atoms with E-state index < -0.39 is 0 Å². The van der Waals surface area contributed by atoms with Gasteiger partial charge in [-0.05, 0) is 6.42 Å². The van der Waals surface area contributed by atoms with Crippen LogP contribution in [0, 0.1) is 0 Å². The predicted octanol–water partition coefficient (Wildman–Crippen LogP) is 1.29. The lowest BCUT2D eigenvalue weighted by Crippen LogP contribution is -2.41. The Balaban J connectivity index is 3.43. The maximum atomic E-state index is 11.1. The SMILES string of the molecule is C=CCC(=O)NNC(=O)CCCCC. The highest BCUT2D eigenvalue weighted by molar-refractivity contribution is 5.82. The van der Waals surface area contributed by atoms with Gasteiger partial charge in [0.1, 0.15) is 0 Å². The number of amides is 2. The highest BCUT2D eigenvalue weighted by atomic mass is 16.2. The van der Waals surface area contributed by atoms with Gasteiger partial charge in [-0.25, -0.2) is 0 Å². The number of nitrogens with one attached hydrogen (secondary N) is 2. The molecule has 0 unspecified atom stereocenters. The standard InChI is InChI=1S/C10H18N2O2/c1-3-5-6-8-10(14)12-11-9(13)7-4-2/h4H,2-3,5-8H2,1H3,(H,11,13)(H,12,14). The lowest BCUT2D eigenvalue weighted by Gasteiger charge is -2.05. The first-order valence-electron chi connectivity index (χ1n) is 4.89. The van der Waals surface area contributed by atoms with Gasteiger partial charge in [-0.1, -0.05) is 25.8 Å². The van der Waals surface area contributed by atoms with Crippen LogP contribution in [0.15, 0.2) is 12.7 Å². The molecular weight excluding hydrogens is 180 g/mol. The first-order valence-corrected chi connectivity index (χ1v) is 4.89. The molecule has 4 nitrogen and oxygen atoms in total. The lowest BCUT2D eigenvalue weighted by atomic mass is 10.2. The van der Waals surface area contributed by atoms with Gasteiger partial charge in [-0.3, -0.25) is 20.4 Å². The summed E-state index contributed by atoms with van der Waals surface area (Å²) in [6.45, 7) is 5.49. The molecule has 0 aliphatic rings. The maximum Gasteiger partial charge on any atom is 0.242 e. The van der Waals surface area contributed by atoms with Gasteiger partial charge in [-0.2, -0.15) is 0 Å². The molecule has 0 bridgehead atoms. The molecule has 0 aliphatic carbocycles. The van der Waals surface area contributed by atoms with Gasteiger partial charge in [0, 0.05) is 12.8 Å². The summed E-state index contributed by atoms with van der Waals surface area (Å²) in [5.74, 6) is -0.389. The van der Waals surface area contributed by atoms with E-state index in [2.05, 4.69) is 24.4 Å². The normalized spacial score (nSPS) is 9.21. The van der Waals surface area contributed by atoms with Crippen LogP contribution in [0.2, 0.25) is 0 Å². The Morgan fingerprint density at radius 2 is 1.86 bits per heavy atom. The van der Waals surface area contributed by atoms with E-state index in [0.717, 1.165) is 19.3 Å². The second kappa shape index (κ2) is 8.29. The summed E-state index contributed by atoms with van der Waals surface area (Å²) < 4.78 is 0. The molecule has 0 spiro atoms. The quantitative estimate of drug-likeness (QED) is 0.384. The first kappa shape index (κ1) is 12.7. The lowest BCUT2D eigenvalue weighted by molar-refractivity contribution is -0.128. The number of carbonyl (C=O) groups is 2. The van der Waals surface area contributed by atoms with Crippen LogP contribution in [-0.4, -0.2) is 11.8 Å². The molecule has 2 amide bonds. The van der Waals surface area contributed by atoms with Crippen molar-refractivity contribution in [3.63, 3.8) is 0 Å². The van der Waals surface area contributed by atoms with E-state index in [0.29, 0.717) is 6.42 Å². The van der Waals surface area contributed by atoms with Crippen molar-refractivity contribution in [3.8, 4) is 0 Å². The van der Waals surface area contributed by atoms with E-state index in [-0.39, 0.29) is 18.2 Å². The number of unbranched alkanes of at least 4 members (excludes halogenated alkanes) is 2. The molecule has 0 aromatic carbocycles. The minimum Gasteiger partial charge on any atom is -0.273 e. The fourth-order valence-corrected chi connectivity index (χ4v) is 0.920. The summed E-state index contributed by atoms with van der Waals surface area (Å²) >= 11 is 0. The topological polar surface area (TPSA) is 58.2 Å². The zero-order chi connectivity index (χ0) is 10.8. The minimum atomic E-state index is -0.246. The molecule has 14 heavy (non-hydrogen) atoms. The molecule has 0 fully saturated rings. The second-order valence-corrected chi connectivity index (χ2v) is 3.05. The molecule has 80 valence electrons. The third kappa shape index (κ3) is 7.34. The van der Waals surface area contributed by atoms with Crippen molar-refractivity contribution in [3.05, 3.63) is 12.7 Å². The molecule has 0 atom stereocenters. The Morgan fingerprint density at radius 3 is 2.43 bits per heavy atom. The van der Waals surface area contributed by atoms with Crippen molar-refractivity contribution in [1.82, 2.24) is 10.9 Å². The van der Waals surface area contributed by atoms with Gasteiger partial charge in [-0.15, -0.1) is 6.58 Å². The number of hydrogen-bond donors (Lipinski definition) is 2. The zero-order valence-electron chi connectivity index (χ0n) is 8.64. The largest absolute Gasteiger partial charge is 0.273 e. The van der Waals surface area contributed by atoms with E-state index in [4.69, 9.17) is 0 Å². The molecule has 0 aliphatic heterocycles. The highest BCUT2D eigenvalue weighted by Gasteiger charge is 2.01. The molecule has 0 saturated carbocycles. The molecule has 0 aromatic rings. The van der Waals surface area contributed by atoms with Gasteiger partial charge in [0.2, 0.25) is 11.8 Å². The smallest absolute Gasteiger partial charge is 0.242 e. The highest BCUT2D eigenvalue weighted by Crippen LogP contribution is 1.97. The van der Waals surface area contributed by atoms with Crippen LogP contribution >= 0.6 is 0 Å². The van der Waals surface area contributed by atoms with E-state index in [1.807, 2.05) is 0 Å². The predicted molar refractivity (Wildman–Crippen MR) is 55.2 cm³/mol. The average Bonchev–Trinajstić information content (AvgIpc) is 2.16. The van der Waals surface area contributed by atoms with Crippen LogP contribution in [0.1, 0.15) is 39.0 Å². The Morgan fingerprint density at radius 1 is 1.21 bits per heavy atom. The van der Waals surface area contributed by atoms with Crippen molar-refractivity contribution in [2.24, 2.45) is 0 Å². The van der Waals surface area contributed by atoms with E-state index in [9.17, 15) is 9.59 Å². The molecular formula is C10H18N2O2. The minimum absolute atomic E-state index is 0.143. The Kier molecular flexibility index (Phi) is 7.50. The van der Waals surface area contributed by atoms with Gasteiger partial charge in [0.05, 0.1) is 0 Å². The fourth-order valence-electron chi connectivity index (χ4n) is 0.920. The van der Waals surface area contributed by atoms with Crippen molar-refractivity contribution < 1.29 is 9.59 Å². The van der Waals surface area contributed by atoms with E-state index in [1.54, 1.807) is 0 Å². The van der Waals surface area contributed by atoms with Crippen molar-refractivity contribution in [2.45, 2.75) is 39.0 Å². The summed E-state index contributed by atoms with van der Waals surface area (Å²) in [4.78, 5) is 22.0. The molecule has 4 heteroatoms. The summed E-state index contributed by atoms with van der Waals surface area (Å²) in [6, 6.07) is 0. The number of hydrazine groups is 1. The Labute approximate surface area is 84.7 Å². The number of hydrogen-bond acceptors (Lipinski definition) is 2. The summed E-state index contributed by atoms with van der Waals surface area (Å²) in [5, 5.41) is 0. The van der Waals surface area contributed by atoms with Crippen LogP contribution in [0.5, 0.6) is 0 Å². The molecule has 0 aromatic heterocycles. The Bertz CT molecular complexity index is 202. The van der Waals surface area contributed by atoms with Crippen LogP contribution < -0.4 is 10.9 Å². The number of rotatable bonds is 6. The summed E-state index contributed by atoms with van der Waals surface area (Å²) in [6.07, 6.45) is 5.14. The van der Waals surface area contributed by atoms with E-state index >= 15 is 0 Å². The van der Waals surface area contributed by atoms with Gasteiger partial charge < -0.3 is 0 Å². The third-order valence-corrected chi connectivity index (χ3v) is 1.68. The third-order valence-electron chi connectivity index (χ3n) is 1.68. The van der Waals surface area contributed by atoms with Crippen molar-refractivity contribution >= 4 is 11.8 Å². The van der Waals surface area contributed by atoms with Crippen LogP contribution in [0.25, 0.3) is 0 Å². The van der Waals surface area contributed by atoms with Gasteiger partial charge in [0.15, 0.2) is 0 Å². The second-order valence-electron chi connectivity index (χ2n) is 3.05. The summed E-state index contributed by atoms with van der Waals surface area (Å²) in [7, 11) is 0. The van der Waals surface area contributed by atoms with Crippen molar-refractivity contribution in [1.29, 1.82) is 0 Å². The number of carbonyl (C=O) groups excluding carboxylic acids is 2. The maximum absolute atomic E-state index is 11.1. The van der Waals surface area contributed by atoms with Crippen LogP contribution in [0.3, 0.4) is 0 Å². The van der Waals surface area contributed by atoms with E-state index in [1.165, 1.54) is 6.08 Å². The molecule has 0 rings (SSSR count). The fraction of sp³-hybridized carbons (Fsp3) is 0.600. The summed E-state index contributed by atoms with van der Waals surface area (Å²) in [5.41, 5.74) is 4.64. The first-order chi connectivity index (χ1) is 6.70. The molecule has 0 saturated heterocycles. The monoisotopic (exact) mass is 198 g/mol. The molecule has 0 radical (unpaired) electrons. The van der Waals surface area contributed by atoms with Crippen LogP contribution in [0.4, 0.5) is 0 Å². The molecule has 0 heterocycles. The molecule has 2 N–H and O–H groups in total. The Hall–Kier alpha value is -1.32. The van der Waals surface area contributed by atoms with Crippen LogP contribution in [-0.2, 0) is 9.59 Å². The van der Waals surface area contributed by atoms with Gasteiger partial charge in [0.25, 0.3) is 0 Å². The average molecular weight is 198 g/mol. The van der Waals surface area contributed by atoms with Crippen molar-refractivity contribution in [2.75, 3.05) is 0 Å². The van der Waals surface area contributed by atoms with Gasteiger partial charge >= 0.3 is 0 Å². The zero-order valence-corrected chi connectivity index (χ0v) is 8.64.